The van der Waals surface area contributed by atoms with E-state index in [1.807, 2.05) is 0 Å². The second-order valence-electron chi connectivity index (χ2n) is 11.1. The minimum Gasteiger partial charge on any atom is -0.872 e. The number of allylic oxidation sites excluding steroid dienone is 2. The Balaban J connectivity index is 0.000000798. The summed E-state index contributed by atoms with van der Waals surface area (Å²) in [6.45, 7) is 1.91. The molecule has 1 aliphatic rings. The Hall–Kier alpha value is -4.18. The van der Waals surface area contributed by atoms with Crippen LogP contribution < -0.4 is 44.0 Å². The van der Waals surface area contributed by atoms with Gasteiger partial charge in [0.2, 0.25) is 0 Å². The van der Waals surface area contributed by atoms with Crippen LogP contribution in [0.15, 0.2) is 128 Å². The van der Waals surface area contributed by atoms with E-state index in [1.165, 1.54) is 24.3 Å². The zero-order chi connectivity index (χ0) is 40.5. The molecule has 4 aromatic carbocycles. The maximum absolute atomic E-state index is 11.4. The van der Waals surface area contributed by atoms with Gasteiger partial charge >= 0.3 is 34.1 Å². The van der Waals surface area contributed by atoms with Crippen molar-refractivity contribution in [2.75, 3.05) is 26.2 Å². The number of rotatable bonds is 11. The van der Waals surface area contributed by atoms with Gasteiger partial charge in [0.1, 0.15) is 0 Å². The zero-order valence-corrected chi connectivity index (χ0v) is 34.2. The molecule has 15 nitrogen and oxygen atoms in total. The topological polar surface area (TPSA) is 294 Å². The summed E-state index contributed by atoms with van der Waals surface area (Å²) in [5, 5.41) is 45.8. The average molecular weight is 903 g/mol. The van der Waals surface area contributed by atoms with Crippen molar-refractivity contribution in [3.8, 4) is 23.0 Å². The molecule has 0 radical (unpaired) electrons. The predicted molar refractivity (Wildman–Crippen MR) is 190 cm³/mol. The number of benzene rings is 4. The SMILES string of the molecule is O=P([O-])(O)C1=CCCCC1.[Mn+3].[Mn+3].[O-][Cl+3]([O-])([O-])[O-].[O-]c1ccccc1C=NCCN=Cc1ccccc1[O-].[O-]c1ccccc1C=NCCN=Cc1ccccc1[O-]. The van der Waals surface area contributed by atoms with Crippen LogP contribution in [-0.2, 0) is 38.7 Å². The Morgan fingerprint density at radius 2 is 0.807 bits per heavy atom. The first-order valence-electron chi connectivity index (χ1n) is 16.5. The molecule has 19 heteroatoms. The number of hydrogen-bond acceptors (Lipinski definition) is 14. The first kappa shape index (κ1) is 52.8. The molecule has 4 aromatic rings. The molecule has 57 heavy (non-hydrogen) atoms. The van der Waals surface area contributed by atoms with Crippen molar-refractivity contribution in [3.05, 3.63) is 131 Å². The summed E-state index contributed by atoms with van der Waals surface area (Å²) >= 11 is 0. The Bertz CT molecular complexity index is 1730. The van der Waals surface area contributed by atoms with Crippen LogP contribution in [0.2, 0.25) is 0 Å². The largest absolute Gasteiger partial charge is 3.00 e. The minimum absolute atomic E-state index is 0. The summed E-state index contributed by atoms with van der Waals surface area (Å²) in [7, 11) is -9.07. The van der Waals surface area contributed by atoms with Crippen LogP contribution in [0.1, 0.15) is 47.9 Å². The van der Waals surface area contributed by atoms with Crippen LogP contribution in [0, 0.1) is 10.2 Å². The molecule has 0 aromatic heterocycles. The normalized spacial score (nSPS) is 13.5. The molecule has 0 fully saturated rings. The van der Waals surface area contributed by atoms with E-state index in [0.717, 1.165) is 19.3 Å². The van der Waals surface area contributed by atoms with E-state index < -0.39 is 17.8 Å². The van der Waals surface area contributed by atoms with Gasteiger partial charge in [0.05, 0.1) is 26.2 Å². The van der Waals surface area contributed by atoms with Crippen molar-refractivity contribution in [2.45, 2.75) is 25.7 Å². The van der Waals surface area contributed by atoms with Crippen LogP contribution in [0.25, 0.3) is 0 Å². The molecule has 302 valence electrons. The molecule has 0 aliphatic heterocycles. The number of halogens is 1. The smallest absolute Gasteiger partial charge is 0.872 e. The van der Waals surface area contributed by atoms with Crippen LogP contribution in [-0.4, -0.2) is 55.9 Å². The molecule has 1 unspecified atom stereocenters. The van der Waals surface area contributed by atoms with Gasteiger partial charge in [-0.1, -0.05) is 103 Å². The molecule has 0 spiro atoms. The Morgan fingerprint density at radius 3 is 1.00 bits per heavy atom. The predicted octanol–water partition coefficient (Wildman–Crippen LogP) is -1.03. The third-order valence-electron chi connectivity index (χ3n) is 6.94. The number of hydrogen-bond donors (Lipinski definition) is 1. The van der Waals surface area contributed by atoms with E-state index >= 15 is 0 Å². The molecular formula is C38H38ClMn2N4O11P. The standard InChI is InChI=1S/2C16H16N2O2.C6H11O3P.ClHO4.2Mn/c2*19-15-7-3-1-5-13(15)11-17-9-10-18-12-14-6-2-4-8-16(14)20;7-10(8,9)6-4-2-1-3-5-6;2-1(3,4)5;;/h2*1-8,11-12,19-20H,9-10H2;4H,1-3,5H2,(H2,7,8,9);(H,2,3,4,5);;/q;;;;2*+3/p-6. The third kappa shape index (κ3) is 24.9. The van der Waals surface area contributed by atoms with Crippen molar-refractivity contribution in [1.29, 1.82) is 0 Å². The summed E-state index contributed by atoms with van der Waals surface area (Å²) in [6, 6.07) is 26.9. The molecule has 5 rings (SSSR count). The summed E-state index contributed by atoms with van der Waals surface area (Å²) in [4.78, 5) is 35.6. The minimum atomic E-state index is -4.94. The van der Waals surface area contributed by atoms with E-state index in [-0.39, 0.29) is 62.4 Å². The summed E-state index contributed by atoms with van der Waals surface area (Å²) < 4.78 is 44.5. The van der Waals surface area contributed by atoms with Gasteiger partial charge in [-0.3, -0.25) is 20.0 Å². The summed E-state index contributed by atoms with van der Waals surface area (Å²) in [5.74, 6) is -0.167. The summed E-state index contributed by atoms with van der Waals surface area (Å²) in [5.41, 5.74) is 2.28. The first-order chi connectivity index (χ1) is 26.1. The molecule has 0 bridgehead atoms. The second kappa shape index (κ2) is 29.1. The fraction of sp³-hybridized carbons (Fsp3) is 0.211. The zero-order valence-electron chi connectivity index (χ0n) is 30.2. The maximum atomic E-state index is 11.4. The molecule has 1 aliphatic carbocycles. The second-order valence-corrected chi connectivity index (χ2v) is 13.5. The molecular weight excluding hydrogens is 865 g/mol. The van der Waals surface area contributed by atoms with Crippen molar-refractivity contribution in [1.82, 2.24) is 0 Å². The maximum Gasteiger partial charge on any atom is 3.00 e. The van der Waals surface area contributed by atoms with Gasteiger partial charge in [-0.25, -0.2) is 18.6 Å². The number of nitrogens with zero attached hydrogens (tertiary/aromatic N) is 4. The number of para-hydroxylation sites is 4. The molecule has 0 amide bonds. The molecule has 0 saturated carbocycles. The molecule has 0 heterocycles. The van der Waals surface area contributed by atoms with Crippen LogP contribution in [0.4, 0.5) is 0 Å². The first-order valence-corrected chi connectivity index (χ1v) is 19.3. The molecule has 1 N–H and O–H groups in total. The monoisotopic (exact) mass is 902 g/mol. The van der Waals surface area contributed by atoms with E-state index in [4.69, 9.17) is 23.5 Å². The van der Waals surface area contributed by atoms with Gasteiger partial charge in [-0.05, 0) is 53.3 Å². The van der Waals surface area contributed by atoms with Crippen LogP contribution >= 0.6 is 7.60 Å². The molecule has 0 saturated heterocycles. The Kier molecular flexibility index (Phi) is 27.0. The van der Waals surface area contributed by atoms with Crippen molar-refractivity contribution >= 4 is 32.5 Å². The van der Waals surface area contributed by atoms with Gasteiger partial charge in [0.15, 0.2) is 7.60 Å². The van der Waals surface area contributed by atoms with Crippen LogP contribution in [0.3, 0.4) is 0 Å². The van der Waals surface area contributed by atoms with E-state index in [1.54, 1.807) is 104 Å². The fourth-order valence-electron chi connectivity index (χ4n) is 4.31. The van der Waals surface area contributed by atoms with E-state index in [0.29, 0.717) is 54.9 Å². The van der Waals surface area contributed by atoms with Gasteiger partial charge in [-0.2, -0.15) is 0 Å². The van der Waals surface area contributed by atoms with Gasteiger partial charge < -0.3 is 34.8 Å². The Morgan fingerprint density at radius 1 is 0.544 bits per heavy atom. The van der Waals surface area contributed by atoms with Crippen molar-refractivity contribution in [3.63, 3.8) is 0 Å². The van der Waals surface area contributed by atoms with Crippen molar-refractivity contribution in [2.24, 2.45) is 20.0 Å². The number of aliphatic imine (C=N–C) groups is 4. The van der Waals surface area contributed by atoms with E-state index in [9.17, 15) is 29.9 Å². The fourth-order valence-corrected chi connectivity index (χ4v) is 5.11. The quantitative estimate of drug-likeness (QED) is 0.0822. The van der Waals surface area contributed by atoms with Gasteiger partial charge in [-0.15, -0.1) is 33.2 Å². The molecule has 1 atom stereocenters. The summed E-state index contributed by atoms with van der Waals surface area (Å²) in [6.07, 6.45) is 11.0. The average Bonchev–Trinajstić information content (AvgIpc) is 3.14. The van der Waals surface area contributed by atoms with Crippen molar-refractivity contribution < 1.29 is 97.8 Å². The van der Waals surface area contributed by atoms with E-state index in [2.05, 4.69) is 20.0 Å². The third-order valence-corrected chi connectivity index (χ3v) is 8.08. The van der Waals surface area contributed by atoms with Gasteiger partial charge in [0.25, 0.3) is 0 Å². The Labute approximate surface area is 354 Å². The van der Waals surface area contributed by atoms with Gasteiger partial charge in [0, 0.05) is 24.9 Å². The van der Waals surface area contributed by atoms with Crippen LogP contribution in [0.5, 0.6) is 23.0 Å².